The lowest BCUT2D eigenvalue weighted by atomic mass is 10.2. The van der Waals surface area contributed by atoms with E-state index in [0.29, 0.717) is 17.3 Å². The van der Waals surface area contributed by atoms with Crippen molar-refractivity contribution < 1.29 is 4.79 Å². The third-order valence-corrected chi connectivity index (χ3v) is 2.69. The van der Waals surface area contributed by atoms with Crippen molar-refractivity contribution in [1.82, 2.24) is 10.6 Å². The summed E-state index contributed by atoms with van der Waals surface area (Å²) >= 11 is 5.80. The minimum atomic E-state index is -0.270. The second-order valence-corrected chi connectivity index (χ2v) is 4.94. The summed E-state index contributed by atoms with van der Waals surface area (Å²) in [6, 6.07) is 7.06. The molecule has 0 aliphatic carbocycles. The largest absolute Gasteiger partial charge is 0.334 e. The van der Waals surface area contributed by atoms with Gasteiger partial charge in [-0.2, -0.15) is 0 Å². The van der Waals surface area contributed by atoms with E-state index in [0.717, 1.165) is 11.1 Å². The summed E-state index contributed by atoms with van der Waals surface area (Å²) in [6.45, 7) is 8.07. The number of nitrogens with one attached hydrogen (secondary N) is 2. The van der Waals surface area contributed by atoms with Crippen LogP contribution >= 0.6 is 11.6 Å². The molecule has 0 aliphatic heterocycles. The van der Waals surface area contributed by atoms with E-state index < -0.39 is 0 Å². The lowest BCUT2D eigenvalue weighted by molar-refractivity contribution is 0.243. The fourth-order valence-electron chi connectivity index (χ4n) is 1.38. The third-order valence-electron chi connectivity index (χ3n) is 2.44. The molecule has 0 unspecified atom stereocenters. The van der Waals surface area contributed by atoms with Gasteiger partial charge in [-0.15, -0.1) is 0 Å². The van der Waals surface area contributed by atoms with E-state index in [1.54, 1.807) is 18.2 Å². The van der Waals surface area contributed by atoms with E-state index in [1.165, 1.54) is 0 Å². The smallest absolute Gasteiger partial charge is 0.319 e. The summed E-state index contributed by atoms with van der Waals surface area (Å²) in [5.41, 5.74) is 2.78. The van der Waals surface area contributed by atoms with Gasteiger partial charge in [0.05, 0.1) is 0 Å². The molecule has 0 saturated heterocycles. The molecule has 2 amide bonds. The van der Waals surface area contributed by atoms with Gasteiger partial charge in [0.1, 0.15) is 0 Å². The zero-order valence-electron chi connectivity index (χ0n) is 11.7. The topological polar surface area (TPSA) is 41.1 Å². The Morgan fingerprint density at radius 2 is 1.90 bits per heavy atom. The molecule has 106 valence electrons. The van der Waals surface area contributed by atoms with Crippen LogP contribution in [-0.2, 0) is 6.54 Å². The summed E-state index contributed by atoms with van der Waals surface area (Å²) in [5, 5.41) is 6.17. The Morgan fingerprint density at radius 3 is 2.45 bits per heavy atom. The van der Waals surface area contributed by atoms with Crippen LogP contribution in [0.3, 0.4) is 0 Å². The monoisotopic (exact) mass is 290 g/mol. The molecular weight excluding hydrogens is 272 g/mol. The summed E-state index contributed by atoms with van der Waals surface area (Å²) in [5.74, 6) is 0. The second kappa shape index (κ2) is 8.23. The van der Waals surface area contributed by atoms with Crippen LogP contribution in [0.15, 0.2) is 60.3 Å². The number of rotatable bonds is 5. The number of allylic oxidation sites excluding steroid dienone is 4. The van der Waals surface area contributed by atoms with Crippen molar-refractivity contribution in [3.8, 4) is 0 Å². The van der Waals surface area contributed by atoms with E-state index in [1.807, 2.05) is 38.1 Å². The zero-order chi connectivity index (χ0) is 15.0. The van der Waals surface area contributed by atoms with Crippen LogP contribution in [-0.4, -0.2) is 6.03 Å². The Morgan fingerprint density at radius 1 is 1.25 bits per heavy atom. The molecule has 0 saturated carbocycles. The Bertz CT molecular complexity index is 526. The number of benzene rings is 1. The number of amides is 2. The zero-order valence-corrected chi connectivity index (χ0v) is 12.5. The first-order chi connectivity index (χ1) is 9.51. The highest BCUT2D eigenvalue weighted by Gasteiger charge is 2.01. The molecule has 20 heavy (non-hydrogen) atoms. The molecule has 4 heteroatoms. The minimum absolute atomic E-state index is 0.270. The summed E-state index contributed by atoms with van der Waals surface area (Å²) in [7, 11) is 0. The number of halogens is 1. The molecule has 0 heterocycles. The highest BCUT2D eigenvalue weighted by Crippen LogP contribution is 2.09. The average molecular weight is 291 g/mol. The third kappa shape index (κ3) is 6.25. The Kier molecular flexibility index (Phi) is 6.60. The van der Waals surface area contributed by atoms with Gasteiger partial charge in [0.2, 0.25) is 0 Å². The van der Waals surface area contributed by atoms with Gasteiger partial charge in [0, 0.05) is 17.3 Å². The number of carbonyl (C=O) groups excluding carboxylic acids is 1. The quantitative estimate of drug-likeness (QED) is 0.785. The lowest BCUT2D eigenvalue weighted by Crippen LogP contribution is -2.34. The molecule has 2 N–H and O–H groups in total. The van der Waals surface area contributed by atoms with Crippen LogP contribution in [0, 0.1) is 0 Å². The van der Waals surface area contributed by atoms with E-state index >= 15 is 0 Å². The van der Waals surface area contributed by atoms with Gasteiger partial charge in [-0.05, 0) is 43.7 Å². The van der Waals surface area contributed by atoms with Crippen LogP contribution in [0.4, 0.5) is 4.79 Å². The maximum absolute atomic E-state index is 11.7. The van der Waals surface area contributed by atoms with Gasteiger partial charge in [-0.1, -0.05) is 42.0 Å². The summed E-state index contributed by atoms with van der Waals surface area (Å²) in [4.78, 5) is 11.7. The normalized spacial score (nSPS) is 10.7. The maximum Gasteiger partial charge on any atom is 0.319 e. The molecular formula is C16H19ClN2O. The Labute approximate surface area is 125 Å². The molecule has 0 fully saturated rings. The number of hydrogen-bond donors (Lipinski definition) is 2. The molecule has 0 spiro atoms. The molecule has 3 nitrogen and oxygen atoms in total. The van der Waals surface area contributed by atoms with Crippen LogP contribution in [0.5, 0.6) is 0 Å². The standard InChI is InChI=1S/C16H19ClN2O/c1-4-15(10-5-12(2)3)19-16(20)18-11-13-6-8-14(17)9-7-13/h4-10H,1,11H2,2-3H3,(H2,18,19,20)/b15-10+. The van der Waals surface area contributed by atoms with Gasteiger partial charge < -0.3 is 10.6 Å². The first-order valence-electron chi connectivity index (χ1n) is 6.28. The average Bonchev–Trinajstić information content (AvgIpc) is 2.42. The highest BCUT2D eigenvalue weighted by molar-refractivity contribution is 6.30. The molecule has 0 atom stereocenters. The van der Waals surface area contributed by atoms with Crippen molar-refractivity contribution in [1.29, 1.82) is 0 Å². The van der Waals surface area contributed by atoms with Crippen molar-refractivity contribution >= 4 is 17.6 Å². The van der Waals surface area contributed by atoms with Gasteiger partial charge in [0.25, 0.3) is 0 Å². The predicted octanol–water partition coefficient (Wildman–Crippen LogP) is 4.18. The maximum atomic E-state index is 11.7. The van der Waals surface area contributed by atoms with Gasteiger partial charge >= 0.3 is 6.03 Å². The highest BCUT2D eigenvalue weighted by atomic mass is 35.5. The second-order valence-electron chi connectivity index (χ2n) is 4.50. The molecule has 1 aromatic carbocycles. The molecule has 1 rings (SSSR count). The van der Waals surface area contributed by atoms with E-state index in [4.69, 9.17) is 11.6 Å². The molecule has 1 aromatic rings. The van der Waals surface area contributed by atoms with E-state index in [9.17, 15) is 4.79 Å². The van der Waals surface area contributed by atoms with E-state index in [2.05, 4.69) is 17.2 Å². The Hall–Kier alpha value is -2.00. The summed E-state index contributed by atoms with van der Waals surface area (Å²) < 4.78 is 0. The molecule has 0 aliphatic rings. The minimum Gasteiger partial charge on any atom is -0.334 e. The van der Waals surface area contributed by atoms with E-state index in [-0.39, 0.29) is 6.03 Å². The SMILES string of the molecule is C=C/C(=C\C=C(C)C)NC(=O)NCc1ccc(Cl)cc1. The fourth-order valence-corrected chi connectivity index (χ4v) is 1.50. The predicted molar refractivity (Wildman–Crippen MR) is 84.5 cm³/mol. The molecule has 0 bridgehead atoms. The molecule has 0 aromatic heterocycles. The number of urea groups is 1. The van der Waals surface area contributed by atoms with Crippen LogP contribution in [0.2, 0.25) is 5.02 Å². The first-order valence-corrected chi connectivity index (χ1v) is 6.66. The lowest BCUT2D eigenvalue weighted by Gasteiger charge is -2.08. The van der Waals surface area contributed by atoms with Gasteiger partial charge in [-0.25, -0.2) is 4.79 Å². The van der Waals surface area contributed by atoms with Crippen LogP contribution in [0.1, 0.15) is 19.4 Å². The first kappa shape index (κ1) is 16.1. The van der Waals surface area contributed by atoms with Crippen molar-refractivity contribution in [2.45, 2.75) is 20.4 Å². The number of carbonyl (C=O) groups is 1. The van der Waals surface area contributed by atoms with Crippen molar-refractivity contribution in [2.75, 3.05) is 0 Å². The van der Waals surface area contributed by atoms with Crippen LogP contribution in [0.25, 0.3) is 0 Å². The van der Waals surface area contributed by atoms with Crippen molar-refractivity contribution in [3.63, 3.8) is 0 Å². The van der Waals surface area contributed by atoms with Gasteiger partial charge in [-0.3, -0.25) is 0 Å². The van der Waals surface area contributed by atoms with Crippen LogP contribution < -0.4 is 10.6 Å². The molecule has 0 radical (unpaired) electrons. The Balaban J connectivity index is 2.50. The number of hydrogen-bond acceptors (Lipinski definition) is 1. The van der Waals surface area contributed by atoms with Crippen molar-refractivity contribution in [3.05, 3.63) is 70.9 Å². The summed E-state index contributed by atoms with van der Waals surface area (Å²) in [6.07, 6.45) is 5.32. The fraction of sp³-hybridized carbons (Fsp3) is 0.188. The van der Waals surface area contributed by atoms with Crippen molar-refractivity contribution in [2.24, 2.45) is 0 Å². The van der Waals surface area contributed by atoms with Gasteiger partial charge in [0.15, 0.2) is 0 Å².